The summed E-state index contributed by atoms with van der Waals surface area (Å²) in [6.45, 7) is 4.63. The van der Waals surface area contributed by atoms with Crippen molar-refractivity contribution in [1.82, 2.24) is 14.9 Å². The van der Waals surface area contributed by atoms with Gasteiger partial charge in [0, 0.05) is 18.7 Å². The third kappa shape index (κ3) is 4.45. The maximum Gasteiger partial charge on any atom is 0.451 e. The molecule has 1 aromatic rings. The lowest BCUT2D eigenvalue weighted by Crippen LogP contribution is -2.41. The Balaban J connectivity index is 1.97. The summed E-state index contributed by atoms with van der Waals surface area (Å²) in [6.07, 6.45) is -1.01. The van der Waals surface area contributed by atoms with E-state index in [0.29, 0.717) is 6.54 Å². The summed E-state index contributed by atoms with van der Waals surface area (Å²) in [7, 11) is 0. The fourth-order valence-corrected chi connectivity index (χ4v) is 2.42. The number of alkyl halides is 3. The molecule has 5 nitrogen and oxygen atoms in total. The standard InChI is InChI=1S/C13H20F3N5/c1-9(21-5-3-2-4-6-21)8-18-11-7-10(17)19-12(20-11)13(14,15)16/h7,9H,2-6,8H2,1H3,(H3,17,18,19,20). The Hall–Kier alpha value is -1.57. The van der Waals surface area contributed by atoms with Gasteiger partial charge in [0.2, 0.25) is 5.82 Å². The van der Waals surface area contributed by atoms with Gasteiger partial charge in [0.15, 0.2) is 0 Å². The summed E-state index contributed by atoms with van der Waals surface area (Å²) in [5.41, 5.74) is 5.40. The molecule has 1 aromatic heterocycles. The second kappa shape index (κ2) is 6.46. The first-order valence-corrected chi connectivity index (χ1v) is 7.06. The molecule has 3 N–H and O–H groups in total. The van der Waals surface area contributed by atoms with E-state index >= 15 is 0 Å². The highest BCUT2D eigenvalue weighted by atomic mass is 19.4. The average molecular weight is 303 g/mol. The van der Waals surface area contributed by atoms with Gasteiger partial charge in [-0.3, -0.25) is 4.90 Å². The lowest BCUT2D eigenvalue weighted by molar-refractivity contribution is -0.144. The first-order chi connectivity index (χ1) is 9.86. The van der Waals surface area contributed by atoms with Gasteiger partial charge in [0.05, 0.1) is 0 Å². The molecule has 0 aromatic carbocycles. The molecule has 1 saturated heterocycles. The largest absolute Gasteiger partial charge is 0.451 e. The summed E-state index contributed by atoms with van der Waals surface area (Å²) in [4.78, 5) is 9.01. The van der Waals surface area contributed by atoms with Gasteiger partial charge >= 0.3 is 6.18 Å². The van der Waals surface area contributed by atoms with Gasteiger partial charge < -0.3 is 11.1 Å². The van der Waals surface area contributed by atoms with E-state index in [0.717, 1.165) is 13.1 Å². The van der Waals surface area contributed by atoms with Crippen LogP contribution in [0.3, 0.4) is 0 Å². The average Bonchev–Trinajstić information content (AvgIpc) is 2.44. The minimum Gasteiger partial charge on any atom is -0.384 e. The Morgan fingerprint density at radius 1 is 1.29 bits per heavy atom. The fourth-order valence-electron chi connectivity index (χ4n) is 2.42. The number of halogens is 3. The molecular weight excluding hydrogens is 283 g/mol. The maximum atomic E-state index is 12.6. The van der Waals surface area contributed by atoms with Gasteiger partial charge in [-0.25, -0.2) is 9.97 Å². The van der Waals surface area contributed by atoms with Gasteiger partial charge in [-0.05, 0) is 32.9 Å². The molecule has 1 atom stereocenters. The summed E-state index contributed by atoms with van der Waals surface area (Å²) >= 11 is 0. The molecule has 118 valence electrons. The molecule has 8 heteroatoms. The van der Waals surface area contributed by atoms with Crippen LogP contribution in [0.15, 0.2) is 6.07 Å². The highest BCUT2D eigenvalue weighted by Gasteiger charge is 2.35. The summed E-state index contributed by atoms with van der Waals surface area (Å²) < 4.78 is 37.9. The van der Waals surface area contributed by atoms with E-state index in [2.05, 4.69) is 20.2 Å². The molecule has 2 heterocycles. The van der Waals surface area contributed by atoms with Crippen LogP contribution in [0.4, 0.5) is 24.8 Å². The summed E-state index contributed by atoms with van der Waals surface area (Å²) in [5, 5.41) is 2.92. The number of nitrogens with two attached hydrogens (primary N) is 1. The molecular formula is C13H20F3N5. The number of anilines is 2. The van der Waals surface area contributed by atoms with Crippen LogP contribution in [0.25, 0.3) is 0 Å². The third-order valence-electron chi connectivity index (χ3n) is 3.59. The van der Waals surface area contributed by atoms with Crippen molar-refractivity contribution in [3.63, 3.8) is 0 Å². The van der Waals surface area contributed by atoms with Crippen molar-refractivity contribution in [2.45, 2.75) is 38.4 Å². The quantitative estimate of drug-likeness (QED) is 0.894. The number of hydrogen-bond acceptors (Lipinski definition) is 5. The van der Waals surface area contributed by atoms with Crippen molar-refractivity contribution in [1.29, 1.82) is 0 Å². The molecule has 0 amide bonds. The topological polar surface area (TPSA) is 67.1 Å². The fraction of sp³-hybridized carbons (Fsp3) is 0.692. The number of piperidine rings is 1. The van der Waals surface area contributed by atoms with Crippen LogP contribution in [-0.2, 0) is 6.18 Å². The SMILES string of the molecule is CC(CNc1cc(N)nc(C(F)(F)F)n1)N1CCCCC1. The number of aromatic nitrogens is 2. The first-order valence-electron chi connectivity index (χ1n) is 7.06. The highest BCUT2D eigenvalue weighted by molar-refractivity contribution is 5.45. The predicted octanol–water partition coefficient (Wildman–Crippen LogP) is 2.36. The molecule has 0 radical (unpaired) electrons. The van der Waals surface area contributed by atoms with E-state index in [4.69, 9.17) is 5.73 Å². The molecule has 1 fully saturated rings. The molecule has 0 saturated carbocycles. The Bertz CT molecular complexity index is 471. The van der Waals surface area contributed by atoms with E-state index in [9.17, 15) is 13.2 Å². The van der Waals surface area contributed by atoms with Gasteiger partial charge in [-0.2, -0.15) is 13.2 Å². The van der Waals surface area contributed by atoms with Crippen molar-refractivity contribution in [2.24, 2.45) is 0 Å². The second-order valence-corrected chi connectivity index (χ2v) is 5.33. The second-order valence-electron chi connectivity index (χ2n) is 5.33. The van der Waals surface area contributed by atoms with Crippen LogP contribution < -0.4 is 11.1 Å². The van der Waals surface area contributed by atoms with E-state index in [1.165, 1.54) is 25.3 Å². The molecule has 1 aliphatic heterocycles. The van der Waals surface area contributed by atoms with Crippen LogP contribution in [0.1, 0.15) is 32.0 Å². The molecule has 0 spiro atoms. The summed E-state index contributed by atoms with van der Waals surface area (Å²) in [5.74, 6) is -1.29. The summed E-state index contributed by atoms with van der Waals surface area (Å²) in [6, 6.07) is 1.55. The van der Waals surface area contributed by atoms with Crippen molar-refractivity contribution in [3.05, 3.63) is 11.9 Å². The van der Waals surface area contributed by atoms with Crippen molar-refractivity contribution in [3.8, 4) is 0 Å². The minimum absolute atomic E-state index is 0.110. The first kappa shape index (κ1) is 15.8. The molecule has 2 rings (SSSR count). The number of rotatable bonds is 4. The van der Waals surface area contributed by atoms with Crippen molar-refractivity contribution < 1.29 is 13.2 Å². The number of hydrogen-bond donors (Lipinski definition) is 2. The van der Waals surface area contributed by atoms with Gasteiger partial charge in [-0.1, -0.05) is 6.42 Å². The van der Waals surface area contributed by atoms with E-state index in [1.54, 1.807) is 0 Å². The lowest BCUT2D eigenvalue weighted by atomic mass is 10.1. The molecule has 1 unspecified atom stereocenters. The van der Waals surface area contributed by atoms with Crippen LogP contribution in [-0.4, -0.2) is 40.5 Å². The zero-order valence-electron chi connectivity index (χ0n) is 12.0. The van der Waals surface area contributed by atoms with Gasteiger partial charge in [0.1, 0.15) is 11.6 Å². The Morgan fingerprint density at radius 3 is 2.57 bits per heavy atom. The van der Waals surface area contributed by atoms with Crippen LogP contribution in [0, 0.1) is 0 Å². The third-order valence-corrected chi connectivity index (χ3v) is 3.59. The van der Waals surface area contributed by atoms with Gasteiger partial charge in [0.25, 0.3) is 0 Å². The van der Waals surface area contributed by atoms with Crippen LogP contribution >= 0.6 is 0 Å². The number of likely N-dealkylation sites (tertiary alicyclic amines) is 1. The zero-order chi connectivity index (χ0) is 15.5. The Labute approximate surface area is 121 Å². The van der Waals surface area contributed by atoms with Crippen molar-refractivity contribution in [2.75, 3.05) is 30.7 Å². The lowest BCUT2D eigenvalue weighted by Gasteiger charge is -2.32. The Morgan fingerprint density at radius 2 is 1.95 bits per heavy atom. The van der Waals surface area contributed by atoms with Gasteiger partial charge in [-0.15, -0.1) is 0 Å². The monoisotopic (exact) mass is 303 g/mol. The molecule has 0 bridgehead atoms. The number of nitrogen functional groups attached to an aromatic ring is 1. The minimum atomic E-state index is -4.59. The molecule has 21 heavy (non-hydrogen) atoms. The van der Waals surface area contributed by atoms with E-state index in [1.807, 2.05) is 6.92 Å². The Kier molecular flexibility index (Phi) is 4.87. The number of nitrogens with one attached hydrogen (secondary N) is 1. The van der Waals surface area contributed by atoms with Crippen LogP contribution in [0.5, 0.6) is 0 Å². The predicted molar refractivity (Wildman–Crippen MR) is 74.8 cm³/mol. The molecule has 0 aliphatic carbocycles. The highest BCUT2D eigenvalue weighted by Crippen LogP contribution is 2.27. The van der Waals surface area contributed by atoms with E-state index < -0.39 is 12.0 Å². The van der Waals surface area contributed by atoms with Crippen molar-refractivity contribution >= 4 is 11.6 Å². The normalized spacial score (nSPS) is 18.5. The zero-order valence-corrected chi connectivity index (χ0v) is 12.0. The van der Waals surface area contributed by atoms with E-state index in [-0.39, 0.29) is 17.7 Å². The maximum absolute atomic E-state index is 12.6. The van der Waals surface area contributed by atoms with Crippen LogP contribution in [0.2, 0.25) is 0 Å². The molecule has 1 aliphatic rings. The number of nitrogens with zero attached hydrogens (tertiary/aromatic N) is 3. The smallest absolute Gasteiger partial charge is 0.384 e.